The van der Waals surface area contributed by atoms with Gasteiger partial charge in [0.15, 0.2) is 12.3 Å². The van der Waals surface area contributed by atoms with E-state index in [-0.39, 0.29) is 5.69 Å². The third-order valence-corrected chi connectivity index (χ3v) is 5.37. The van der Waals surface area contributed by atoms with E-state index in [1.807, 2.05) is 0 Å². The van der Waals surface area contributed by atoms with Crippen LogP contribution in [-0.2, 0) is 22.4 Å². The van der Waals surface area contributed by atoms with E-state index < -0.39 is 18.5 Å². The van der Waals surface area contributed by atoms with Crippen molar-refractivity contribution >= 4 is 28.2 Å². The Kier molecular flexibility index (Phi) is 5.28. The fraction of sp³-hybridized carbons (Fsp3) is 0.389. The van der Waals surface area contributed by atoms with Gasteiger partial charge in [-0.1, -0.05) is 6.92 Å². The second kappa shape index (κ2) is 7.62. The zero-order valence-electron chi connectivity index (χ0n) is 14.5. The van der Waals surface area contributed by atoms with E-state index in [1.54, 1.807) is 6.92 Å². The molecule has 1 aliphatic carbocycles. The molecule has 1 N–H and O–H groups in total. The Morgan fingerprint density at radius 3 is 2.92 bits per heavy atom. The molecular weight excluding hydrogens is 352 g/mol. The first-order valence-corrected chi connectivity index (χ1v) is 9.09. The molecule has 0 spiro atoms. The summed E-state index contributed by atoms with van der Waals surface area (Å²) in [4.78, 5) is 33.0. The summed E-state index contributed by atoms with van der Waals surface area (Å²) in [6.45, 7) is 3.49. The molecule has 1 unspecified atom stereocenters. The summed E-state index contributed by atoms with van der Waals surface area (Å²) in [5, 5.41) is 12.7. The van der Waals surface area contributed by atoms with Crippen LogP contribution in [0, 0.1) is 24.2 Å². The van der Waals surface area contributed by atoms with Crippen molar-refractivity contribution in [3.8, 4) is 6.07 Å². The highest BCUT2D eigenvalue weighted by atomic mass is 32.1. The van der Waals surface area contributed by atoms with E-state index in [2.05, 4.69) is 28.3 Å². The summed E-state index contributed by atoms with van der Waals surface area (Å²) in [6, 6.07) is 2.19. The minimum Gasteiger partial charge on any atom is -0.451 e. The number of hydrogen-bond acceptors (Lipinski definition) is 7. The first-order chi connectivity index (χ1) is 12.5. The number of carbonyl (C=O) groups is 2. The minimum absolute atomic E-state index is 0.0432. The van der Waals surface area contributed by atoms with E-state index in [9.17, 15) is 14.9 Å². The maximum absolute atomic E-state index is 12.1. The van der Waals surface area contributed by atoms with Gasteiger partial charge in [0.25, 0.3) is 5.91 Å². The molecule has 1 amide bonds. The molecule has 0 aromatic carbocycles. The monoisotopic (exact) mass is 370 g/mol. The van der Waals surface area contributed by atoms with Crippen LogP contribution in [0.5, 0.6) is 0 Å². The molecule has 7 nitrogen and oxygen atoms in total. The molecule has 26 heavy (non-hydrogen) atoms. The van der Waals surface area contributed by atoms with Crippen LogP contribution in [0.1, 0.15) is 45.5 Å². The van der Waals surface area contributed by atoms with E-state index in [4.69, 9.17) is 4.74 Å². The van der Waals surface area contributed by atoms with Gasteiger partial charge in [0.1, 0.15) is 11.1 Å². The van der Waals surface area contributed by atoms with E-state index >= 15 is 0 Å². The van der Waals surface area contributed by atoms with E-state index in [0.717, 1.165) is 29.7 Å². The number of rotatable bonds is 4. The quantitative estimate of drug-likeness (QED) is 0.830. The lowest BCUT2D eigenvalue weighted by Crippen LogP contribution is -2.21. The molecule has 0 saturated carbocycles. The molecule has 0 saturated heterocycles. The number of carbonyl (C=O) groups excluding carboxylic acids is 2. The van der Waals surface area contributed by atoms with Gasteiger partial charge in [-0.25, -0.2) is 9.78 Å². The summed E-state index contributed by atoms with van der Waals surface area (Å²) in [7, 11) is 0. The summed E-state index contributed by atoms with van der Waals surface area (Å²) >= 11 is 1.43. The lowest BCUT2D eigenvalue weighted by molar-refractivity contribution is -0.119. The second-order valence-corrected chi connectivity index (χ2v) is 7.44. The van der Waals surface area contributed by atoms with Gasteiger partial charge in [-0.05, 0) is 37.7 Å². The van der Waals surface area contributed by atoms with Crippen molar-refractivity contribution in [1.82, 2.24) is 9.97 Å². The van der Waals surface area contributed by atoms with Crippen molar-refractivity contribution in [3.63, 3.8) is 0 Å². The molecule has 2 aromatic heterocycles. The van der Waals surface area contributed by atoms with Crippen molar-refractivity contribution in [2.75, 3.05) is 11.9 Å². The number of ether oxygens (including phenoxy) is 1. The molecule has 8 heteroatoms. The van der Waals surface area contributed by atoms with Gasteiger partial charge in [-0.3, -0.25) is 9.78 Å². The number of aromatic nitrogens is 2. The summed E-state index contributed by atoms with van der Waals surface area (Å²) in [5.74, 6) is -0.623. The lowest BCUT2D eigenvalue weighted by atomic mass is 9.89. The SMILES string of the molecule is Cc1cnc(C(=O)OCC(=O)Nc2sc3c(c2C#N)CCC(C)C3)cn1. The highest BCUT2D eigenvalue weighted by molar-refractivity contribution is 7.16. The van der Waals surface area contributed by atoms with Crippen LogP contribution < -0.4 is 5.32 Å². The van der Waals surface area contributed by atoms with Crippen molar-refractivity contribution < 1.29 is 14.3 Å². The summed E-state index contributed by atoms with van der Waals surface area (Å²) in [5.41, 5.74) is 2.29. The van der Waals surface area contributed by atoms with Gasteiger partial charge < -0.3 is 10.1 Å². The number of hydrogen-bond donors (Lipinski definition) is 1. The molecular formula is C18H18N4O3S. The normalized spacial score (nSPS) is 15.7. The van der Waals surface area contributed by atoms with Gasteiger partial charge in [0.2, 0.25) is 0 Å². The topological polar surface area (TPSA) is 105 Å². The highest BCUT2D eigenvalue weighted by Gasteiger charge is 2.25. The van der Waals surface area contributed by atoms with Crippen LogP contribution in [0.15, 0.2) is 12.4 Å². The molecule has 2 aromatic rings. The number of amides is 1. The van der Waals surface area contributed by atoms with Gasteiger partial charge in [0.05, 0.1) is 17.5 Å². The standard InChI is InChI=1S/C18H18N4O3S/c1-10-3-4-12-13(6-19)17(26-15(12)5-10)22-16(23)9-25-18(24)14-8-20-11(2)7-21-14/h7-8,10H,3-5,9H2,1-2H3,(H,22,23). The Balaban J connectivity index is 1.63. The third kappa shape index (κ3) is 3.89. The number of anilines is 1. The van der Waals surface area contributed by atoms with Gasteiger partial charge in [-0.2, -0.15) is 5.26 Å². The molecule has 2 heterocycles. The number of thiophene rings is 1. The number of nitrogens with zero attached hydrogens (tertiary/aromatic N) is 3. The van der Waals surface area contributed by atoms with E-state index in [1.165, 1.54) is 23.7 Å². The maximum atomic E-state index is 12.1. The zero-order valence-corrected chi connectivity index (χ0v) is 15.4. The molecule has 1 aliphatic rings. The Labute approximate surface area is 155 Å². The molecule has 0 fully saturated rings. The van der Waals surface area contributed by atoms with Crippen LogP contribution >= 0.6 is 11.3 Å². The maximum Gasteiger partial charge on any atom is 0.359 e. The molecule has 0 radical (unpaired) electrons. The van der Waals surface area contributed by atoms with Crippen molar-refractivity contribution in [3.05, 3.63) is 39.8 Å². The largest absolute Gasteiger partial charge is 0.451 e. The number of esters is 1. The number of nitriles is 1. The van der Waals surface area contributed by atoms with Crippen molar-refractivity contribution in [1.29, 1.82) is 5.26 Å². The Bertz CT molecular complexity index is 883. The van der Waals surface area contributed by atoms with Crippen LogP contribution in [0.25, 0.3) is 0 Å². The molecule has 0 aliphatic heterocycles. The van der Waals surface area contributed by atoms with Crippen molar-refractivity contribution in [2.24, 2.45) is 5.92 Å². The van der Waals surface area contributed by atoms with Gasteiger partial charge >= 0.3 is 5.97 Å². The minimum atomic E-state index is -0.715. The molecule has 134 valence electrons. The van der Waals surface area contributed by atoms with E-state index in [0.29, 0.717) is 22.2 Å². The fourth-order valence-corrected chi connectivity index (χ4v) is 4.20. The predicted molar refractivity (Wildman–Crippen MR) is 95.9 cm³/mol. The fourth-order valence-electron chi connectivity index (χ4n) is 2.82. The predicted octanol–water partition coefficient (Wildman–Crippen LogP) is 2.64. The number of aryl methyl sites for hydroxylation is 1. The van der Waals surface area contributed by atoms with Crippen LogP contribution in [0.2, 0.25) is 0 Å². The average molecular weight is 370 g/mol. The zero-order chi connectivity index (χ0) is 18.7. The summed E-state index contributed by atoms with van der Waals surface area (Å²) < 4.78 is 4.96. The first-order valence-electron chi connectivity index (χ1n) is 8.28. The number of fused-ring (bicyclic) bond motifs is 1. The van der Waals surface area contributed by atoms with Crippen LogP contribution in [-0.4, -0.2) is 28.5 Å². The number of nitrogens with one attached hydrogen (secondary N) is 1. The third-order valence-electron chi connectivity index (χ3n) is 4.20. The van der Waals surface area contributed by atoms with Crippen LogP contribution in [0.3, 0.4) is 0 Å². The highest BCUT2D eigenvalue weighted by Crippen LogP contribution is 2.39. The van der Waals surface area contributed by atoms with Gasteiger partial charge in [-0.15, -0.1) is 11.3 Å². The average Bonchev–Trinajstić information content (AvgIpc) is 2.96. The second-order valence-electron chi connectivity index (χ2n) is 6.34. The Morgan fingerprint density at radius 1 is 1.42 bits per heavy atom. The Morgan fingerprint density at radius 2 is 2.23 bits per heavy atom. The summed E-state index contributed by atoms with van der Waals surface area (Å²) in [6.07, 6.45) is 5.57. The first kappa shape index (κ1) is 18.0. The molecule has 1 atom stereocenters. The lowest BCUT2D eigenvalue weighted by Gasteiger charge is -2.17. The van der Waals surface area contributed by atoms with Crippen molar-refractivity contribution in [2.45, 2.75) is 33.1 Å². The molecule has 0 bridgehead atoms. The smallest absolute Gasteiger partial charge is 0.359 e. The van der Waals surface area contributed by atoms with Gasteiger partial charge in [0, 0.05) is 11.1 Å². The van der Waals surface area contributed by atoms with Crippen LogP contribution in [0.4, 0.5) is 5.00 Å². The Hall–Kier alpha value is -2.79. The molecule has 3 rings (SSSR count).